The Morgan fingerprint density at radius 3 is 2.57 bits per heavy atom. The first-order chi connectivity index (χ1) is 9.93. The molecule has 1 heterocycles. The van der Waals surface area contributed by atoms with Gasteiger partial charge in [0.2, 0.25) is 11.8 Å². The van der Waals surface area contributed by atoms with E-state index in [-0.39, 0.29) is 30.2 Å². The second kappa shape index (κ2) is 5.84. The van der Waals surface area contributed by atoms with E-state index in [1.54, 1.807) is 17.0 Å². The zero-order chi connectivity index (χ0) is 15.6. The van der Waals surface area contributed by atoms with Crippen molar-refractivity contribution in [2.75, 3.05) is 6.54 Å². The van der Waals surface area contributed by atoms with Gasteiger partial charge in [0, 0.05) is 0 Å². The smallest absolute Gasteiger partial charge is 0.249 e. The molecule has 1 aliphatic rings. The molecule has 1 fully saturated rings. The van der Waals surface area contributed by atoms with Crippen molar-refractivity contribution in [3.63, 3.8) is 0 Å². The second-order valence-electron chi connectivity index (χ2n) is 5.50. The average Bonchev–Trinajstić information content (AvgIpc) is 2.48. The first-order valence-corrected chi connectivity index (χ1v) is 7.31. The molecule has 0 aromatic heterocycles. The van der Waals surface area contributed by atoms with Crippen LogP contribution in [0.5, 0.6) is 0 Å². The van der Waals surface area contributed by atoms with Gasteiger partial charge in [-0.3, -0.25) is 9.59 Å². The molecule has 0 aliphatic carbocycles. The van der Waals surface area contributed by atoms with Crippen LogP contribution in [0.25, 0.3) is 0 Å². The van der Waals surface area contributed by atoms with Crippen LogP contribution in [0.3, 0.4) is 0 Å². The Balaban J connectivity index is 2.33. The summed E-state index contributed by atoms with van der Waals surface area (Å²) in [5.74, 6) is -0.601. The maximum atomic E-state index is 13.4. The molecule has 2 rings (SSSR count). The highest BCUT2D eigenvalue weighted by molar-refractivity contribution is 5.98. The van der Waals surface area contributed by atoms with Gasteiger partial charge in [0.15, 0.2) is 0 Å². The standard InChI is InChI=1S/C16H21FN2O2/c1-4-16(5-2)15(21)19(10-14(20)18-16)11(3)12-7-6-8-13(17)9-12/h6-9,11H,4-5,10H2,1-3H3,(H,18,20). The first-order valence-electron chi connectivity index (χ1n) is 7.31. The monoisotopic (exact) mass is 292 g/mol. The summed E-state index contributed by atoms with van der Waals surface area (Å²) in [6.07, 6.45) is 1.08. The van der Waals surface area contributed by atoms with Crippen molar-refractivity contribution < 1.29 is 14.0 Å². The fourth-order valence-electron chi connectivity index (χ4n) is 2.85. The highest BCUT2D eigenvalue weighted by Crippen LogP contribution is 2.29. The Bertz CT molecular complexity index is 555. The van der Waals surface area contributed by atoms with E-state index >= 15 is 0 Å². The fraction of sp³-hybridized carbons (Fsp3) is 0.500. The van der Waals surface area contributed by atoms with E-state index in [1.807, 2.05) is 20.8 Å². The molecule has 114 valence electrons. The molecule has 2 amide bonds. The number of piperazine rings is 1. The Labute approximate surface area is 124 Å². The van der Waals surface area contributed by atoms with Crippen molar-refractivity contribution in [3.8, 4) is 0 Å². The van der Waals surface area contributed by atoms with Gasteiger partial charge in [0.25, 0.3) is 0 Å². The normalized spacial score (nSPS) is 19.3. The van der Waals surface area contributed by atoms with E-state index < -0.39 is 5.54 Å². The molecular weight excluding hydrogens is 271 g/mol. The lowest BCUT2D eigenvalue weighted by atomic mass is 9.87. The van der Waals surface area contributed by atoms with E-state index in [4.69, 9.17) is 0 Å². The van der Waals surface area contributed by atoms with Gasteiger partial charge in [-0.1, -0.05) is 26.0 Å². The number of hydrogen-bond donors (Lipinski definition) is 1. The molecule has 1 aromatic carbocycles. The molecule has 1 atom stereocenters. The first kappa shape index (κ1) is 15.5. The summed E-state index contributed by atoms with van der Waals surface area (Å²) in [4.78, 5) is 26.3. The Morgan fingerprint density at radius 2 is 2.00 bits per heavy atom. The molecule has 1 unspecified atom stereocenters. The van der Waals surface area contributed by atoms with Crippen molar-refractivity contribution in [2.45, 2.75) is 45.2 Å². The summed E-state index contributed by atoms with van der Waals surface area (Å²) in [7, 11) is 0. The van der Waals surface area contributed by atoms with Crippen molar-refractivity contribution in [1.29, 1.82) is 0 Å². The highest BCUT2D eigenvalue weighted by atomic mass is 19.1. The van der Waals surface area contributed by atoms with Crippen molar-refractivity contribution >= 4 is 11.8 Å². The quantitative estimate of drug-likeness (QED) is 0.926. The van der Waals surface area contributed by atoms with Gasteiger partial charge in [-0.2, -0.15) is 0 Å². The van der Waals surface area contributed by atoms with Crippen molar-refractivity contribution in [2.24, 2.45) is 0 Å². The lowest BCUT2D eigenvalue weighted by Crippen LogP contribution is -2.66. The van der Waals surface area contributed by atoms with Crippen molar-refractivity contribution in [1.82, 2.24) is 10.2 Å². The minimum absolute atomic E-state index is 0.0122. The molecule has 0 saturated carbocycles. The van der Waals surface area contributed by atoms with E-state index in [0.29, 0.717) is 18.4 Å². The molecule has 0 spiro atoms. The summed E-state index contributed by atoms with van der Waals surface area (Å²) in [5.41, 5.74) is -0.143. The van der Waals surface area contributed by atoms with E-state index in [0.717, 1.165) is 0 Å². The van der Waals surface area contributed by atoms with Gasteiger partial charge in [0.05, 0.1) is 6.04 Å². The molecule has 21 heavy (non-hydrogen) atoms. The lowest BCUT2D eigenvalue weighted by Gasteiger charge is -2.43. The lowest BCUT2D eigenvalue weighted by molar-refractivity contribution is -0.152. The zero-order valence-electron chi connectivity index (χ0n) is 12.6. The van der Waals surface area contributed by atoms with E-state index in [9.17, 15) is 14.0 Å². The molecular formula is C16H21FN2O2. The van der Waals surface area contributed by atoms with Crippen LogP contribution < -0.4 is 5.32 Å². The summed E-state index contributed by atoms with van der Waals surface area (Å²) >= 11 is 0. The minimum atomic E-state index is -0.836. The molecule has 1 aliphatic heterocycles. The molecule has 0 bridgehead atoms. The number of rotatable bonds is 4. The zero-order valence-corrected chi connectivity index (χ0v) is 12.6. The van der Waals surface area contributed by atoms with Gasteiger partial charge in [-0.05, 0) is 37.5 Å². The number of halogens is 1. The average molecular weight is 292 g/mol. The van der Waals surface area contributed by atoms with E-state index in [2.05, 4.69) is 5.32 Å². The third kappa shape index (κ3) is 2.77. The van der Waals surface area contributed by atoms with Crippen LogP contribution in [0.4, 0.5) is 4.39 Å². The Morgan fingerprint density at radius 1 is 1.33 bits per heavy atom. The van der Waals surface area contributed by atoms with Crippen LogP contribution in [0.15, 0.2) is 24.3 Å². The SMILES string of the molecule is CCC1(CC)NC(=O)CN(C(C)c2cccc(F)c2)C1=O. The van der Waals surface area contributed by atoms with Gasteiger partial charge in [-0.15, -0.1) is 0 Å². The number of nitrogens with zero attached hydrogens (tertiary/aromatic N) is 1. The third-order valence-electron chi connectivity index (χ3n) is 4.37. The molecule has 4 nitrogen and oxygen atoms in total. The van der Waals surface area contributed by atoms with Gasteiger partial charge >= 0.3 is 0 Å². The topological polar surface area (TPSA) is 49.4 Å². The number of nitrogens with one attached hydrogen (secondary N) is 1. The number of hydrogen-bond acceptors (Lipinski definition) is 2. The summed E-state index contributed by atoms with van der Waals surface area (Å²) in [6.45, 7) is 5.61. The van der Waals surface area contributed by atoms with Gasteiger partial charge in [-0.25, -0.2) is 4.39 Å². The molecule has 1 N–H and O–H groups in total. The van der Waals surface area contributed by atoms with Crippen LogP contribution in [-0.2, 0) is 9.59 Å². The van der Waals surface area contributed by atoms with Crippen LogP contribution >= 0.6 is 0 Å². The van der Waals surface area contributed by atoms with Crippen LogP contribution in [0.2, 0.25) is 0 Å². The molecule has 0 radical (unpaired) electrons. The Kier molecular flexibility index (Phi) is 4.30. The van der Waals surface area contributed by atoms with E-state index in [1.165, 1.54) is 12.1 Å². The van der Waals surface area contributed by atoms with Crippen LogP contribution in [-0.4, -0.2) is 28.8 Å². The second-order valence-corrected chi connectivity index (χ2v) is 5.50. The maximum absolute atomic E-state index is 13.4. The number of amides is 2. The number of benzene rings is 1. The highest BCUT2D eigenvalue weighted by Gasteiger charge is 2.45. The predicted molar refractivity (Wildman–Crippen MR) is 78.0 cm³/mol. The largest absolute Gasteiger partial charge is 0.340 e. The summed E-state index contributed by atoms with van der Waals surface area (Å²) < 4.78 is 13.4. The van der Waals surface area contributed by atoms with Gasteiger partial charge in [0.1, 0.15) is 17.9 Å². The minimum Gasteiger partial charge on any atom is -0.340 e. The molecule has 5 heteroatoms. The Hall–Kier alpha value is -1.91. The molecule has 1 saturated heterocycles. The maximum Gasteiger partial charge on any atom is 0.249 e. The van der Waals surface area contributed by atoms with Crippen LogP contribution in [0.1, 0.15) is 45.2 Å². The fourth-order valence-corrected chi connectivity index (χ4v) is 2.85. The summed E-state index contributed by atoms with van der Waals surface area (Å²) in [5, 5.41) is 2.82. The number of carbonyl (C=O) groups excluding carboxylic acids is 2. The number of carbonyl (C=O) groups is 2. The molecule has 1 aromatic rings. The predicted octanol–water partition coefficient (Wildman–Crippen LogP) is 2.40. The third-order valence-corrected chi connectivity index (χ3v) is 4.37. The summed E-state index contributed by atoms with van der Waals surface area (Å²) in [6, 6.07) is 5.82. The van der Waals surface area contributed by atoms with Crippen molar-refractivity contribution in [3.05, 3.63) is 35.6 Å². The van der Waals surface area contributed by atoms with Gasteiger partial charge < -0.3 is 10.2 Å². The van der Waals surface area contributed by atoms with Crippen LogP contribution in [0, 0.1) is 5.82 Å².